The van der Waals surface area contributed by atoms with Gasteiger partial charge in [0.05, 0.1) is 22.3 Å². The number of aromatic hydroxyl groups is 2. The predicted octanol–water partition coefficient (Wildman–Crippen LogP) is 10.6. The highest BCUT2D eigenvalue weighted by Crippen LogP contribution is 2.35. The predicted molar refractivity (Wildman–Crippen MR) is 233 cm³/mol. The summed E-state index contributed by atoms with van der Waals surface area (Å²) >= 11 is 0. The maximum Gasteiger partial charge on any atom is 0.344 e. The summed E-state index contributed by atoms with van der Waals surface area (Å²) in [6.07, 6.45) is 0. The van der Waals surface area contributed by atoms with Crippen LogP contribution in [0.2, 0.25) is 0 Å². The van der Waals surface area contributed by atoms with E-state index in [9.17, 15) is 29.4 Å². The third kappa shape index (κ3) is 9.56. The van der Waals surface area contributed by atoms with Crippen LogP contribution in [0, 0.1) is 0 Å². The van der Waals surface area contributed by atoms with Crippen molar-refractivity contribution in [1.82, 2.24) is 0 Å². The molecule has 7 rings (SSSR count). The summed E-state index contributed by atoms with van der Waals surface area (Å²) in [5.41, 5.74) is 3.65. The zero-order chi connectivity index (χ0) is 44.0. The second kappa shape index (κ2) is 17.7. The number of hydrogen-bond donors (Lipinski definition) is 2. The van der Waals surface area contributed by atoms with E-state index >= 15 is 0 Å². The molecule has 0 aliphatic heterocycles. The molecule has 10 heteroatoms. The molecule has 0 radical (unpaired) electrons. The van der Waals surface area contributed by atoms with Gasteiger partial charge in [0.15, 0.2) is 0 Å². The molecule has 0 aromatic heterocycles. The van der Waals surface area contributed by atoms with E-state index in [2.05, 4.69) is 27.7 Å². The smallest absolute Gasteiger partial charge is 0.344 e. The molecule has 0 unspecified atom stereocenters. The SMILES string of the molecule is CC(C)(c1ccc(O)cc1)c1ccc(OC(=O)c2ccc(OC(=O)c3ccccc3C(=O)Oc3ccc(C(=O)Oc4ccc(C(C)(C)c5ccc(O)cc5)cc4)cc3)cc2)cc1. The second-order valence-corrected chi connectivity index (χ2v) is 15.5. The third-order valence-corrected chi connectivity index (χ3v) is 10.7. The van der Waals surface area contributed by atoms with Gasteiger partial charge in [-0.15, -0.1) is 0 Å². The van der Waals surface area contributed by atoms with Crippen molar-refractivity contribution in [2.75, 3.05) is 0 Å². The fourth-order valence-electron chi connectivity index (χ4n) is 6.78. The highest BCUT2D eigenvalue weighted by atomic mass is 16.5. The van der Waals surface area contributed by atoms with Crippen molar-refractivity contribution in [3.05, 3.63) is 214 Å². The van der Waals surface area contributed by atoms with Crippen LogP contribution in [0.1, 0.15) is 91.4 Å². The number of carbonyl (C=O) groups is 4. The monoisotopic (exact) mass is 826 g/mol. The molecule has 0 fully saturated rings. The largest absolute Gasteiger partial charge is 0.508 e. The minimum Gasteiger partial charge on any atom is -0.508 e. The molecule has 10 nitrogen and oxygen atoms in total. The molecule has 2 N–H and O–H groups in total. The van der Waals surface area contributed by atoms with Crippen LogP contribution in [0.4, 0.5) is 0 Å². The Kier molecular flexibility index (Phi) is 12.0. The van der Waals surface area contributed by atoms with Crippen molar-refractivity contribution < 1.29 is 48.3 Å². The molecule has 7 aromatic rings. The summed E-state index contributed by atoms with van der Waals surface area (Å²) in [7, 11) is 0. The van der Waals surface area contributed by atoms with Gasteiger partial charge in [-0.1, -0.05) is 88.4 Å². The van der Waals surface area contributed by atoms with Crippen LogP contribution < -0.4 is 18.9 Å². The van der Waals surface area contributed by atoms with Crippen molar-refractivity contribution in [1.29, 1.82) is 0 Å². The average Bonchev–Trinajstić information content (AvgIpc) is 3.27. The molecule has 0 amide bonds. The summed E-state index contributed by atoms with van der Waals surface area (Å²) in [5.74, 6) is -1.51. The zero-order valence-electron chi connectivity index (χ0n) is 34.3. The normalized spacial score (nSPS) is 11.3. The van der Waals surface area contributed by atoms with Crippen molar-refractivity contribution in [2.45, 2.75) is 38.5 Å². The first-order valence-corrected chi connectivity index (χ1v) is 19.7. The van der Waals surface area contributed by atoms with Crippen LogP contribution >= 0.6 is 0 Å². The molecule has 0 spiro atoms. The number of benzene rings is 7. The Morgan fingerprint density at radius 2 is 0.581 bits per heavy atom. The van der Waals surface area contributed by atoms with Gasteiger partial charge in [0.2, 0.25) is 0 Å². The number of hydrogen-bond acceptors (Lipinski definition) is 10. The minimum atomic E-state index is -0.821. The van der Waals surface area contributed by atoms with Gasteiger partial charge >= 0.3 is 23.9 Å². The Labute approximate surface area is 358 Å². The molecule has 0 saturated carbocycles. The number of rotatable bonds is 12. The van der Waals surface area contributed by atoms with E-state index in [0.717, 1.165) is 22.3 Å². The van der Waals surface area contributed by atoms with E-state index < -0.39 is 23.9 Å². The molecular weight excluding hydrogens is 785 g/mol. The van der Waals surface area contributed by atoms with Crippen molar-refractivity contribution in [3.63, 3.8) is 0 Å². The van der Waals surface area contributed by atoms with Crippen LogP contribution in [-0.4, -0.2) is 34.1 Å². The average molecular weight is 827 g/mol. The number of esters is 4. The standard InChI is InChI=1S/C52H42O10/c1-51(2,35-13-21-39(53)22-14-35)37-17-29-43(30-18-37)59-47(55)33-9-25-41(26-10-33)61-49(57)45-7-5-6-8-46(45)50(58)62-42-27-11-34(12-28-42)48(56)60-44-31-19-38(20-32-44)52(3,4)36-15-23-40(54)24-16-36/h5-32,53-54H,1-4H3. The quantitative estimate of drug-likeness (QED) is 0.0901. The second-order valence-electron chi connectivity index (χ2n) is 15.5. The Morgan fingerprint density at radius 1 is 0.339 bits per heavy atom. The fraction of sp³-hybridized carbons (Fsp3) is 0.115. The summed E-state index contributed by atoms with van der Waals surface area (Å²) in [6, 6.07) is 46.1. The maximum atomic E-state index is 13.3. The number of phenolic OH excluding ortho intramolecular Hbond substituents is 2. The zero-order valence-corrected chi connectivity index (χ0v) is 34.3. The summed E-state index contributed by atoms with van der Waals surface area (Å²) in [4.78, 5) is 52.5. The van der Waals surface area contributed by atoms with E-state index in [0.29, 0.717) is 11.5 Å². The van der Waals surface area contributed by atoms with E-state index in [-0.39, 0.29) is 56.1 Å². The minimum absolute atomic E-state index is 0.0457. The fourth-order valence-corrected chi connectivity index (χ4v) is 6.78. The van der Waals surface area contributed by atoms with Crippen molar-refractivity contribution >= 4 is 23.9 Å². The Morgan fingerprint density at radius 3 is 0.871 bits per heavy atom. The molecule has 0 bridgehead atoms. The summed E-state index contributed by atoms with van der Waals surface area (Å²) in [6.45, 7) is 8.25. The Hall–Kier alpha value is -7.98. The van der Waals surface area contributed by atoms with Crippen molar-refractivity contribution in [3.8, 4) is 34.5 Å². The van der Waals surface area contributed by atoms with Gasteiger partial charge in [0.25, 0.3) is 0 Å². The van der Waals surface area contributed by atoms with E-state index in [4.69, 9.17) is 18.9 Å². The molecule has 0 heterocycles. The molecule has 0 aliphatic carbocycles. The number of ether oxygens (including phenoxy) is 4. The van der Waals surface area contributed by atoms with E-state index in [1.165, 1.54) is 60.7 Å². The van der Waals surface area contributed by atoms with E-state index in [1.54, 1.807) is 60.7 Å². The lowest BCUT2D eigenvalue weighted by Crippen LogP contribution is -2.18. The lowest BCUT2D eigenvalue weighted by Gasteiger charge is -2.26. The molecule has 62 heavy (non-hydrogen) atoms. The van der Waals surface area contributed by atoms with Gasteiger partial charge < -0.3 is 29.2 Å². The van der Waals surface area contributed by atoms with Gasteiger partial charge in [-0.3, -0.25) is 0 Å². The van der Waals surface area contributed by atoms with Gasteiger partial charge in [0, 0.05) is 10.8 Å². The highest BCUT2D eigenvalue weighted by Gasteiger charge is 2.25. The molecule has 7 aromatic carbocycles. The van der Waals surface area contributed by atoms with Gasteiger partial charge in [-0.25, -0.2) is 19.2 Å². The molecule has 0 saturated heterocycles. The van der Waals surface area contributed by atoms with Crippen LogP contribution in [0.3, 0.4) is 0 Å². The summed E-state index contributed by atoms with van der Waals surface area (Å²) < 4.78 is 22.3. The number of phenols is 2. The Bertz CT molecular complexity index is 2520. The lowest BCUT2D eigenvalue weighted by molar-refractivity contribution is 0.0691. The molecule has 0 aliphatic rings. The van der Waals surface area contributed by atoms with Crippen LogP contribution in [0.5, 0.6) is 34.5 Å². The molecular formula is C52H42O10. The first kappa shape index (κ1) is 42.2. The van der Waals surface area contributed by atoms with Crippen molar-refractivity contribution in [2.24, 2.45) is 0 Å². The topological polar surface area (TPSA) is 146 Å². The van der Waals surface area contributed by atoms with Gasteiger partial charge in [-0.05, 0) is 131 Å². The maximum absolute atomic E-state index is 13.3. The first-order valence-electron chi connectivity index (χ1n) is 19.7. The van der Waals surface area contributed by atoms with E-state index in [1.807, 2.05) is 48.5 Å². The van der Waals surface area contributed by atoms with Crippen LogP contribution in [0.25, 0.3) is 0 Å². The highest BCUT2D eigenvalue weighted by molar-refractivity contribution is 6.04. The van der Waals surface area contributed by atoms with Gasteiger partial charge in [-0.2, -0.15) is 0 Å². The summed E-state index contributed by atoms with van der Waals surface area (Å²) in [5, 5.41) is 19.3. The molecule has 310 valence electrons. The van der Waals surface area contributed by atoms with Crippen LogP contribution in [-0.2, 0) is 10.8 Å². The first-order chi connectivity index (χ1) is 29.7. The Balaban J connectivity index is 0.924. The number of carbonyl (C=O) groups excluding carboxylic acids is 4. The lowest BCUT2D eigenvalue weighted by atomic mass is 9.78. The van der Waals surface area contributed by atoms with Gasteiger partial charge in [0.1, 0.15) is 34.5 Å². The van der Waals surface area contributed by atoms with Crippen LogP contribution in [0.15, 0.2) is 170 Å². The molecule has 0 atom stereocenters. The third-order valence-electron chi connectivity index (χ3n) is 10.7.